The molecule has 0 spiro atoms. The molecule has 1 aromatic carbocycles. The molecule has 3 rings (SSSR count). The minimum atomic E-state index is -3.71. The Bertz CT molecular complexity index is 1210. The molecule has 166 valence electrons. The van der Waals surface area contributed by atoms with Crippen LogP contribution < -0.4 is 10.9 Å². The van der Waals surface area contributed by atoms with Gasteiger partial charge in [-0.05, 0) is 24.6 Å². The summed E-state index contributed by atoms with van der Waals surface area (Å²) in [5, 5.41) is 2.78. The van der Waals surface area contributed by atoms with E-state index in [2.05, 4.69) is 10.3 Å². The number of hydrogen-bond donors (Lipinski definition) is 1. The van der Waals surface area contributed by atoms with Crippen LogP contribution in [0.2, 0.25) is 0 Å². The van der Waals surface area contributed by atoms with Crippen molar-refractivity contribution in [2.45, 2.75) is 38.3 Å². The van der Waals surface area contributed by atoms with E-state index in [4.69, 9.17) is 0 Å². The number of fused-ring (bicyclic) bond motifs is 1. The van der Waals surface area contributed by atoms with Crippen molar-refractivity contribution >= 4 is 27.0 Å². The Kier molecular flexibility index (Phi) is 7.24. The molecule has 31 heavy (non-hydrogen) atoms. The first kappa shape index (κ1) is 22.7. The summed E-state index contributed by atoms with van der Waals surface area (Å²) in [6, 6.07) is 10.3. The van der Waals surface area contributed by atoms with E-state index in [0.717, 1.165) is 15.6 Å². The Morgan fingerprint density at radius 1 is 1.10 bits per heavy atom. The average Bonchev–Trinajstić information content (AvgIpc) is 3.16. The summed E-state index contributed by atoms with van der Waals surface area (Å²) in [7, 11) is -3.71. The number of pyridine rings is 1. The third-order valence-corrected chi connectivity index (χ3v) is 7.07. The third kappa shape index (κ3) is 5.20. The zero-order chi connectivity index (χ0) is 22.4. The summed E-state index contributed by atoms with van der Waals surface area (Å²) >= 11 is 0. The lowest BCUT2D eigenvalue weighted by atomic mass is 10.3. The van der Waals surface area contributed by atoms with E-state index >= 15 is 0 Å². The van der Waals surface area contributed by atoms with Gasteiger partial charge in [0.05, 0.1) is 22.3 Å². The lowest BCUT2D eigenvalue weighted by Crippen LogP contribution is -2.34. The molecule has 10 heteroatoms. The molecule has 2 heterocycles. The molecule has 2 aromatic heterocycles. The van der Waals surface area contributed by atoms with Crippen LogP contribution >= 0.6 is 0 Å². The molecule has 0 atom stereocenters. The van der Waals surface area contributed by atoms with E-state index in [1.165, 1.54) is 22.6 Å². The van der Waals surface area contributed by atoms with Crippen molar-refractivity contribution in [3.05, 3.63) is 59.3 Å². The Morgan fingerprint density at radius 2 is 1.84 bits per heavy atom. The van der Waals surface area contributed by atoms with Gasteiger partial charge in [-0.25, -0.2) is 13.4 Å². The lowest BCUT2D eigenvalue weighted by Gasteiger charge is -2.19. The van der Waals surface area contributed by atoms with Crippen molar-refractivity contribution < 1.29 is 13.2 Å². The van der Waals surface area contributed by atoms with Crippen molar-refractivity contribution in [2.75, 3.05) is 19.6 Å². The number of nitrogens with zero attached hydrogens (tertiary/aromatic N) is 4. The van der Waals surface area contributed by atoms with Crippen LogP contribution in [0.4, 0.5) is 0 Å². The molecule has 0 unspecified atom stereocenters. The van der Waals surface area contributed by atoms with Gasteiger partial charge in [0.15, 0.2) is 0 Å². The Balaban J connectivity index is 1.58. The summed E-state index contributed by atoms with van der Waals surface area (Å²) in [6.07, 6.45) is 3.69. The van der Waals surface area contributed by atoms with Crippen LogP contribution in [-0.4, -0.2) is 52.4 Å². The van der Waals surface area contributed by atoms with Gasteiger partial charge in [-0.1, -0.05) is 26.0 Å². The minimum Gasteiger partial charge on any atom is -0.354 e. The van der Waals surface area contributed by atoms with E-state index in [1.54, 1.807) is 20.2 Å². The van der Waals surface area contributed by atoms with Crippen molar-refractivity contribution in [3.63, 3.8) is 0 Å². The zero-order valence-corrected chi connectivity index (χ0v) is 18.5. The van der Waals surface area contributed by atoms with E-state index in [1.807, 2.05) is 28.8 Å². The average molecular weight is 446 g/mol. The topological polar surface area (TPSA) is 106 Å². The number of aryl methyl sites for hydroxylation is 1. The Hall–Kier alpha value is -2.98. The molecule has 3 aromatic rings. The normalized spacial score (nSPS) is 11.8. The Labute approximate surface area is 181 Å². The highest BCUT2D eigenvalue weighted by atomic mass is 32.2. The summed E-state index contributed by atoms with van der Waals surface area (Å²) in [6.45, 7) is 5.02. The molecule has 9 nitrogen and oxygen atoms in total. The SMILES string of the molecule is CCN(CC)S(=O)(=O)c1ccc(=O)n(CC(=O)NCCCn2cnc3ccccc32)c1. The fourth-order valence-electron chi connectivity index (χ4n) is 3.37. The number of carbonyl (C=O) groups is 1. The van der Waals surface area contributed by atoms with Crippen LogP contribution in [0.25, 0.3) is 11.0 Å². The van der Waals surface area contributed by atoms with Gasteiger partial charge in [0.2, 0.25) is 15.9 Å². The van der Waals surface area contributed by atoms with E-state index in [0.29, 0.717) is 32.6 Å². The second kappa shape index (κ2) is 9.88. The predicted octanol–water partition coefficient (Wildman–Crippen LogP) is 1.44. The number of aromatic nitrogens is 3. The number of carbonyl (C=O) groups excluding carboxylic acids is 1. The molecule has 1 amide bonds. The minimum absolute atomic E-state index is 0.00409. The van der Waals surface area contributed by atoms with Crippen molar-refractivity contribution in [3.8, 4) is 0 Å². The highest BCUT2D eigenvalue weighted by molar-refractivity contribution is 7.89. The predicted molar refractivity (Wildman–Crippen MR) is 118 cm³/mol. The molecule has 0 aliphatic heterocycles. The second-order valence-corrected chi connectivity index (χ2v) is 8.99. The maximum atomic E-state index is 12.7. The van der Waals surface area contributed by atoms with Gasteiger partial charge in [-0.15, -0.1) is 0 Å². The van der Waals surface area contributed by atoms with Crippen molar-refractivity contribution in [1.29, 1.82) is 0 Å². The molecule has 0 aliphatic rings. The Morgan fingerprint density at radius 3 is 2.58 bits per heavy atom. The molecule has 0 aliphatic carbocycles. The third-order valence-electron chi connectivity index (χ3n) is 5.04. The smallest absolute Gasteiger partial charge is 0.251 e. The van der Waals surface area contributed by atoms with Crippen LogP contribution in [-0.2, 0) is 27.9 Å². The standard InChI is InChI=1S/C21H27N5O4S/c1-3-26(4-2)31(29,30)17-10-11-21(28)25(14-17)15-20(27)22-12-7-13-24-16-23-18-8-5-6-9-19(18)24/h5-6,8-11,14,16H,3-4,7,12-13,15H2,1-2H3,(H,22,27). The van der Waals surface area contributed by atoms with Gasteiger partial charge in [-0.3, -0.25) is 9.59 Å². The van der Waals surface area contributed by atoms with E-state index < -0.39 is 15.6 Å². The molecular weight excluding hydrogens is 418 g/mol. The monoisotopic (exact) mass is 445 g/mol. The number of benzene rings is 1. The quantitative estimate of drug-likeness (QED) is 0.475. The van der Waals surface area contributed by atoms with Crippen LogP contribution in [0.1, 0.15) is 20.3 Å². The number of imidazole rings is 1. The van der Waals surface area contributed by atoms with Gasteiger partial charge in [0, 0.05) is 38.4 Å². The van der Waals surface area contributed by atoms with Crippen molar-refractivity contribution in [1.82, 2.24) is 23.7 Å². The molecule has 0 bridgehead atoms. The highest BCUT2D eigenvalue weighted by Crippen LogP contribution is 2.14. The van der Waals surface area contributed by atoms with E-state index in [9.17, 15) is 18.0 Å². The summed E-state index contributed by atoms with van der Waals surface area (Å²) in [5.41, 5.74) is 1.52. The van der Waals surface area contributed by atoms with Crippen LogP contribution in [0.3, 0.4) is 0 Å². The van der Waals surface area contributed by atoms with Gasteiger partial charge in [0.25, 0.3) is 5.56 Å². The summed E-state index contributed by atoms with van der Waals surface area (Å²) < 4.78 is 29.8. The number of amides is 1. The maximum Gasteiger partial charge on any atom is 0.251 e. The molecule has 1 N–H and O–H groups in total. The van der Waals surface area contributed by atoms with Crippen LogP contribution in [0, 0.1) is 0 Å². The fourth-order valence-corrected chi connectivity index (χ4v) is 4.85. The maximum absolute atomic E-state index is 12.7. The summed E-state index contributed by atoms with van der Waals surface area (Å²) in [5.74, 6) is -0.352. The van der Waals surface area contributed by atoms with Crippen LogP contribution in [0.5, 0.6) is 0 Å². The van der Waals surface area contributed by atoms with Crippen LogP contribution in [0.15, 0.2) is 58.6 Å². The number of rotatable bonds is 10. The number of nitrogens with one attached hydrogen (secondary N) is 1. The number of hydrogen-bond acceptors (Lipinski definition) is 5. The first-order chi connectivity index (χ1) is 14.9. The first-order valence-electron chi connectivity index (χ1n) is 10.2. The van der Waals surface area contributed by atoms with Gasteiger partial charge >= 0.3 is 0 Å². The number of sulfonamides is 1. The van der Waals surface area contributed by atoms with E-state index in [-0.39, 0.29) is 17.3 Å². The summed E-state index contributed by atoms with van der Waals surface area (Å²) in [4.78, 5) is 28.7. The molecular formula is C21H27N5O4S. The van der Waals surface area contributed by atoms with Gasteiger partial charge < -0.3 is 14.5 Å². The lowest BCUT2D eigenvalue weighted by molar-refractivity contribution is -0.121. The first-order valence-corrected chi connectivity index (χ1v) is 11.7. The number of para-hydroxylation sites is 2. The molecule has 0 saturated carbocycles. The second-order valence-electron chi connectivity index (χ2n) is 7.05. The fraction of sp³-hybridized carbons (Fsp3) is 0.381. The highest BCUT2D eigenvalue weighted by Gasteiger charge is 2.22. The zero-order valence-electron chi connectivity index (χ0n) is 17.7. The van der Waals surface area contributed by atoms with Gasteiger partial charge in [0.1, 0.15) is 6.54 Å². The van der Waals surface area contributed by atoms with Crippen molar-refractivity contribution in [2.24, 2.45) is 0 Å². The largest absolute Gasteiger partial charge is 0.354 e. The molecule has 0 saturated heterocycles. The van der Waals surface area contributed by atoms with Gasteiger partial charge in [-0.2, -0.15) is 4.31 Å². The molecule has 0 fully saturated rings. The molecule has 0 radical (unpaired) electrons.